The van der Waals surface area contributed by atoms with Gasteiger partial charge in [0.25, 0.3) is 0 Å². The number of carboxylic acid groups (broad SMARTS) is 1. The number of hydrogen-bond donors (Lipinski definition) is 1. The molecule has 0 saturated heterocycles. The summed E-state index contributed by atoms with van der Waals surface area (Å²) in [5, 5.41) is 9.18. The van der Waals surface area contributed by atoms with E-state index in [-0.39, 0.29) is 11.3 Å². The lowest BCUT2D eigenvalue weighted by Gasteiger charge is -2.07. The number of pyridine rings is 1. The van der Waals surface area contributed by atoms with Gasteiger partial charge in [0.1, 0.15) is 0 Å². The zero-order valence-electron chi connectivity index (χ0n) is 15.2. The van der Waals surface area contributed by atoms with E-state index in [1.807, 2.05) is 37.3 Å². The lowest BCUT2D eigenvalue weighted by Crippen LogP contribution is -2.08. The third-order valence-corrected chi connectivity index (χ3v) is 5.03. The molecule has 3 aromatic rings. The molecule has 0 bridgehead atoms. The Morgan fingerprint density at radius 2 is 1.78 bits per heavy atom. The Bertz CT molecular complexity index is 973. The van der Waals surface area contributed by atoms with Gasteiger partial charge in [-0.05, 0) is 55.0 Å². The highest BCUT2D eigenvalue weighted by molar-refractivity contribution is 6.17. The molecule has 0 fully saturated rings. The quantitative estimate of drug-likeness (QED) is 0.338. The summed E-state index contributed by atoms with van der Waals surface area (Å²) in [6.07, 6.45) is 5.32. The summed E-state index contributed by atoms with van der Waals surface area (Å²) in [6.45, 7) is 1.99. The van der Waals surface area contributed by atoms with Crippen molar-refractivity contribution in [3.63, 3.8) is 0 Å². The van der Waals surface area contributed by atoms with E-state index in [4.69, 9.17) is 11.6 Å². The van der Waals surface area contributed by atoms with Crippen LogP contribution in [0.1, 0.15) is 57.3 Å². The first-order chi connectivity index (χ1) is 13.0. The fourth-order valence-corrected chi connectivity index (χ4v) is 3.46. The van der Waals surface area contributed by atoms with Crippen LogP contribution in [0, 0.1) is 0 Å². The number of carbonyl (C=O) groups is 2. The normalized spacial score (nSPS) is 11.0. The molecule has 1 aromatic carbocycles. The lowest BCUT2D eigenvalue weighted by atomic mass is 10.0. The maximum absolute atomic E-state index is 13.1. The van der Waals surface area contributed by atoms with Crippen LogP contribution in [-0.2, 0) is 12.8 Å². The molecule has 140 valence electrons. The standard InChI is InChI=1S/C22H22ClNO3/c1-2-16-13-19-14-18(22(26)27)10-12-24(19)20(16)21(25)17-8-6-15(7-9-17)5-3-4-11-23/h6-10,12-14H,2-5,11H2,1H3,(H,26,27). The number of halogens is 1. The van der Waals surface area contributed by atoms with Crippen molar-refractivity contribution in [2.24, 2.45) is 0 Å². The van der Waals surface area contributed by atoms with Gasteiger partial charge >= 0.3 is 5.97 Å². The van der Waals surface area contributed by atoms with Crippen molar-refractivity contribution in [1.82, 2.24) is 4.40 Å². The molecule has 27 heavy (non-hydrogen) atoms. The Balaban J connectivity index is 1.93. The monoisotopic (exact) mass is 383 g/mol. The third-order valence-electron chi connectivity index (χ3n) is 4.76. The van der Waals surface area contributed by atoms with Crippen molar-refractivity contribution in [2.75, 3.05) is 5.88 Å². The van der Waals surface area contributed by atoms with Gasteiger partial charge < -0.3 is 9.51 Å². The number of aromatic nitrogens is 1. The van der Waals surface area contributed by atoms with Crippen molar-refractivity contribution in [3.05, 3.63) is 76.6 Å². The van der Waals surface area contributed by atoms with E-state index < -0.39 is 5.97 Å². The van der Waals surface area contributed by atoms with E-state index >= 15 is 0 Å². The van der Waals surface area contributed by atoms with Crippen molar-refractivity contribution in [3.8, 4) is 0 Å². The molecule has 0 amide bonds. The molecule has 0 aliphatic rings. The molecule has 5 heteroatoms. The van der Waals surface area contributed by atoms with Crippen LogP contribution in [0.25, 0.3) is 5.52 Å². The average molecular weight is 384 g/mol. The zero-order valence-corrected chi connectivity index (χ0v) is 16.0. The van der Waals surface area contributed by atoms with Crippen molar-refractivity contribution >= 4 is 28.9 Å². The molecular formula is C22H22ClNO3. The molecule has 0 unspecified atom stereocenters. The van der Waals surface area contributed by atoms with E-state index in [2.05, 4.69) is 0 Å². The Morgan fingerprint density at radius 1 is 1.04 bits per heavy atom. The third kappa shape index (κ3) is 4.06. The van der Waals surface area contributed by atoms with E-state index in [9.17, 15) is 14.7 Å². The summed E-state index contributed by atoms with van der Waals surface area (Å²) < 4.78 is 1.78. The summed E-state index contributed by atoms with van der Waals surface area (Å²) in [6, 6.07) is 12.7. The van der Waals surface area contributed by atoms with Crippen molar-refractivity contribution < 1.29 is 14.7 Å². The lowest BCUT2D eigenvalue weighted by molar-refractivity contribution is 0.0696. The summed E-state index contributed by atoms with van der Waals surface area (Å²) in [5.74, 6) is -0.363. The van der Waals surface area contributed by atoms with Crippen molar-refractivity contribution in [2.45, 2.75) is 32.6 Å². The molecule has 2 heterocycles. The highest BCUT2D eigenvalue weighted by Gasteiger charge is 2.19. The van der Waals surface area contributed by atoms with Gasteiger partial charge in [-0.2, -0.15) is 0 Å². The van der Waals surface area contributed by atoms with Gasteiger partial charge in [-0.25, -0.2) is 4.79 Å². The number of rotatable bonds is 8. The molecule has 2 aromatic heterocycles. The number of carbonyl (C=O) groups excluding carboxylic acids is 1. The number of alkyl halides is 1. The molecular weight excluding hydrogens is 362 g/mol. The summed E-state index contributed by atoms with van der Waals surface area (Å²) in [7, 11) is 0. The molecule has 0 radical (unpaired) electrons. The first-order valence-corrected chi connectivity index (χ1v) is 9.65. The number of hydrogen-bond acceptors (Lipinski definition) is 2. The number of carboxylic acids is 1. The van der Waals surface area contributed by atoms with E-state index in [0.717, 1.165) is 24.8 Å². The molecule has 0 saturated carbocycles. The Morgan fingerprint density at radius 3 is 2.41 bits per heavy atom. The molecule has 3 rings (SSSR count). The molecule has 0 aliphatic carbocycles. The molecule has 0 aliphatic heterocycles. The molecule has 0 atom stereocenters. The maximum Gasteiger partial charge on any atom is 0.335 e. The highest BCUT2D eigenvalue weighted by Crippen LogP contribution is 2.22. The van der Waals surface area contributed by atoms with Gasteiger partial charge in [-0.1, -0.05) is 31.2 Å². The minimum Gasteiger partial charge on any atom is -0.478 e. The molecule has 0 spiro atoms. The maximum atomic E-state index is 13.1. The van der Waals surface area contributed by atoms with Crippen molar-refractivity contribution in [1.29, 1.82) is 0 Å². The number of benzene rings is 1. The number of fused-ring (bicyclic) bond motifs is 1. The Labute approximate surface area is 163 Å². The second-order valence-corrected chi connectivity index (χ2v) is 6.94. The van der Waals surface area contributed by atoms with Crippen LogP contribution in [0.3, 0.4) is 0 Å². The summed E-state index contributed by atoms with van der Waals surface area (Å²) >= 11 is 5.72. The van der Waals surface area contributed by atoms with Crippen LogP contribution in [0.15, 0.2) is 48.7 Å². The largest absolute Gasteiger partial charge is 0.478 e. The summed E-state index contributed by atoms with van der Waals surface area (Å²) in [4.78, 5) is 24.3. The predicted molar refractivity (Wildman–Crippen MR) is 107 cm³/mol. The number of aryl methyl sites for hydroxylation is 2. The molecule has 1 N–H and O–H groups in total. The van der Waals surface area contributed by atoms with Crippen LogP contribution in [0.4, 0.5) is 0 Å². The van der Waals surface area contributed by atoms with Gasteiger partial charge in [0, 0.05) is 23.2 Å². The first kappa shape index (κ1) is 19.2. The van der Waals surface area contributed by atoms with Gasteiger partial charge in [0.2, 0.25) is 5.78 Å². The van der Waals surface area contributed by atoms with Crippen LogP contribution < -0.4 is 0 Å². The first-order valence-electron chi connectivity index (χ1n) is 9.12. The van der Waals surface area contributed by atoms with E-state index in [1.165, 1.54) is 11.6 Å². The number of aromatic carboxylic acids is 1. The smallest absolute Gasteiger partial charge is 0.335 e. The van der Waals surface area contributed by atoms with Gasteiger partial charge in [0.15, 0.2) is 0 Å². The fraction of sp³-hybridized carbons (Fsp3) is 0.273. The van der Waals surface area contributed by atoms with Gasteiger partial charge in [-0.3, -0.25) is 4.79 Å². The second-order valence-electron chi connectivity index (χ2n) is 6.56. The number of nitrogens with zero attached hydrogens (tertiary/aromatic N) is 1. The predicted octanol–water partition coefficient (Wildman–Crippen LogP) is 4.99. The summed E-state index contributed by atoms with van der Waals surface area (Å²) in [5.41, 5.74) is 4.26. The number of ketones is 1. The Kier molecular flexibility index (Phi) is 5.97. The fourth-order valence-electron chi connectivity index (χ4n) is 3.28. The van der Waals surface area contributed by atoms with Gasteiger partial charge in [0.05, 0.1) is 11.3 Å². The highest BCUT2D eigenvalue weighted by atomic mass is 35.5. The minimum absolute atomic E-state index is 0.0535. The van der Waals surface area contributed by atoms with E-state index in [0.29, 0.717) is 29.1 Å². The van der Waals surface area contributed by atoms with Gasteiger partial charge in [-0.15, -0.1) is 11.6 Å². The van der Waals surface area contributed by atoms with Crippen LogP contribution in [0.2, 0.25) is 0 Å². The van der Waals surface area contributed by atoms with Crippen LogP contribution in [-0.4, -0.2) is 27.1 Å². The average Bonchev–Trinajstić information content (AvgIpc) is 3.06. The second kappa shape index (κ2) is 8.40. The Hall–Kier alpha value is -2.59. The SMILES string of the molecule is CCc1cc2cc(C(=O)O)ccn2c1C(=O)c1ccc(CCCCCl)cc1. The van der Waals surface area contributed by atoms with Crippen LogP contribution >= 0.6 is 11.6 Å². The zero-order chi connectivity index (χ0) is 19.4. The topological polar surface area (TPSA) is 58.8 Å². The number of unbranched alkanes of at least 4 members (excludes halogenated alkanes) is 1. The molecule has 4 nitrogen and oxygen atoms in total. The minimum atomic E-state index is -0.977. The van der Waals surface area contributed by atoms with E-state index in [1.54, 1.807) is 16.7 Å². The van der Waals surface area contributed by atoms with Crippen LogP contribution in [0.5, 0.6) is 0 Å².